The van der Waals surface area contributed by atoms with Crippen LogP contribution in [0.4, 0.5) is 0 Å². The van der Waals surface area contributed by atoms with Gasteiger partial charge in [-0.15, -0.1) is 0 Å². The first-order valence-electron chi connectivity index (χ1n) is 5.95. The van der Waals surface area contributed by atoms with E-state index in [9.17, 15) is 5.11 Å². The van der Waals surface area contributed by atoms with E-state index in [0.29, 0.717) is 5.92 Å². The Balaban J connectivity index is 2.63. The van der Waals surface area contributed by atoms with Gasteiger partial charge in [-0.1, -0.05) is 37.6 Å². The molecule has 0 spiro atoms. The lowest BCUT2D eigenvalue weighted by Crippen LogP contribution is -2.36. The molecule has 0 aliphatic heterocycles. The number of hydrogen-bond donors (Lipinski definition) is 2. The highest BCUT2D eigenvalue weighted by molar-refractivity contribution is 5.30. The van der Waals surface area contributed by atoms with Crippen LogP contribution in [0.1, 0.15) is 30.5 Å². The molecule has 0 radical (unpaired) electrons. The molecule has 1 aromatic rings. The van der Waals surface area contributed by atoms with Crippen molar-refractivity contribution in [2.24, 2.45) is 5.92 Å². The average molecular weight is 221 g/mol. The quantitative estimate of drug-likeness (QED) is 0.800. The van der Waals surface area contributed by atoms with Crippen LogP contribution in [0.15, 0.2) is 18.2 Å². The Morgan fingerprint density at radius 3 is 2.50 bits per heavy atom. The predicted octanol–water partition coefficient (Wildman–Crippen LogP) is 2.41. The molecular formula is C14H23NO. The van der Waals surface area contributed by atoms with Crippen LogP contribution < -0.4 is 5.32 Å². The van der Waals surface area contributed by atoms with Gasteiger partial charge in [0.2, 0.25) is 0 Å². The van der Waals surface area contributed by atoms with Crippen molar-refractivity contribution >= 4 is 0 Å². The van der Waals surface area contributed by atoms with Crippen molar-refractivity contribution in [2.75, 3.05) is 6.61 Å². The van der Waals surface area contributed by atoms with Gasteiger partial charge in [-0.25, -0.2) is 0 Å². The Bertz CT molecular complexity index is 334. The van der Waals surface area contributed by atoms with Crippen molar-refractivity contribution < 1.29 is 5.11 Å². The lowest BCUT2D eigenvalue weighted by Gasteiger charge is -2.20. The van der Waals surface area contributed by atoms with E-state index >= 15 is 0 Å². The van der Waals surface area contributed by atoms with Crippen LogP contribution in [0.2, 0.25) is 0 Å². The summed E-state index contributed by atoms with van der Waals surface area (Å²) in [4.78, 5) is 0. The van der Waals surface area contributed by atoms with Crippen LogP contribution in [0.5, 0.6) is 0 Å². The molecule has 0 saturated heterocycles. The lowest BCUT2D eigenvalue weighted by atomic mass is 10.0. The smallest absolute Gasteiger partial charge is 0.0587 e. The van der Waals surface area contributed by atoms with E-state index in [-0.39, 0.29) is 12.6 Å². The Morgan fingerprint density at radius 2 is 1.94 bits per heavy atom. The van der Waals surface area contributed by atoms with E-state index in [1.807, 2.05) is 0 Å². The zero-order valence-electron chi connectivity index (χ0n) is 10.7. The summed E-state index contributed by atoms with van der Waals surface area (Å²) in [6.45, 7) is 9.50. The molecule has 90 valence electrons. The summed E-state index contributed by atoms with van der Waals surface area (Å²) in [5, 5.41) is 12.6. The first-order chi connectivity index (χ1) is 7.54. The summed E-state index contributed by atoms with van der Waals surface area (Å²) in [5.74, 6) is 0.454. The number of aryl methyl sites for hydroxylation is 2. The molecular weight excluding hydrogens is 198 g/mol. The third-order valence-electron chi connectivity index (χ3n) is 3.06. The van der Waals surface area contributed by atoms with Gasteiger partial charge >= 0.3 is 0 Å². The topological polar surface area (TPSA) is 32.3 Å². The molecule has 0 fully saturated rings. The maximum atomic E-state index is 9.24. The average Bonchev–Trinajstić information content (AvgIpc) is 2.23. The minimum absolute atomic E-state index is 0.180. The van der Waals surface area contributed by atoms with Gasteiger partial charge in [-0.3, -0.25) is 0 Å². The van der Waals surface area contributed by atoms with Gasteiger partial charge in [0.25, 0.3) is 0 Å². The van der Waals surface area contributed by atoms with Gasteiger partial charge in [0, 0.05) is 12.6 Å². The van der Waals surface area contributed by atoms with Crippen LogP contribution in [0.25, 0.3) is 0 Å². The highest BCUT2D eigenvalue weighted by atomic mass is 16.3. The van der Waals surface area contributed by atoms with Crippen molar-refractivity contribution in [1.82, 2.24) is 5.32 Å². The maximum Gasteiger partial charge on any atom is 0.0587 e. The van der Waals surface area contributed by atoms with E-state index in [1.54, 1.807) is 0 Å². The summed E-state index contributed by atoms with van der Waals surface area (Å²) in [6, 6.07) is 6.66. The number of nitrogens with one attached hydrogen (secondary N) is 1. The van der Waals surface area contributed by atoms with Crippen molar-refractivity contribution in [3.63, 3.8) is 0 Å². The van der Waals surface area contributed by atoms with Crippen LogP contribution in [-0.4, -0.2) is 17.8 Å². The van der Waals surface area contributed by atoms with Crippen LogP contribution in [-0.2, 0) is 6.54 Å². The van der Waals surface area contributed by atoms with Crippen LogP contribution >= 0.6 is 0 Å². The Hall–Kier alpha value is -0.860. The highest BCUT2D eigenvalue weighted by Crippen LogP contribution is 2.11. The molecule has 0 heterocycles. The Labute approximate surface area is 98.7 Å². The molecule has 16 heavy (non-hydrogen) atoms. The molecule has 0 saturated carbocycles. The fourth-order valence-corrected chi connectivity index (χ4v) is 1.74. The van der Waals surface area contributed by atoms with E-state index in [0.717, 1.165) is 6.54 Å². The van der Waals surface area contributed by atoms with E-state index in [4.69, 9.17) is 0 Å². The summed E-state index contributed by atoms with van der Waals surface area (Å²) in [6.07, 6.45) is 0. The fourth-order valence-electron chi connectivity index (χ4n) is 1.74. The monoisotopic (exact) mass is 221 g/mol. The highest BCUT2D eigenvalue weighted by Gasteiger charge is 2.11. The normalized spacial score (nSPS) is 13.1. The van der Waals surface area contributed by atoms with Crippen molar-refractivity contribution in [3.8, 4) is 0 Å². The number of aliphatic hydroxyl groups is 1. The van der Waals surface area contributed by atoms with Gasteiger partial charge < -0.3 is 10.4 Å². The summed E-state index contributed by atoms with van der Waals surface area (Å²) < 4.78 is 0. The third kappa shape index (κ3) is 3.62. The zero-order valence-corrected chi connectivity index (χ0v) is 10.7. The standard InChI is InChI=1S/C14H23NO/c1-10(2)14(9-16)15-8-13-7-11(3)5-6-12(13)4/h5-7,10,14-16H,8-9H2,1-4H3. The Kier molecular flexibility index (Phi) is 4.97. The largest absolute Gasteiger partial charge is 0.395 e. The number of rotatable bonds is 5. The van der Waals surface area contributed by atoms with Gasteiger partial charge in [-0.2, -0.15) is 0 Å². The molecule has 2 N–H and O–H groups in total. The van der Waals surface area contributed by atoms with Crippen molar-refractivity contribution in [1.29, 1.82) is 0 Å². The number of benzene rings is 1. The predicted molar refractivity (Wildman–Crippen MR) is 68.5 cm³/mol. The molecule has 0 aromatic heterocycles. The zero-order chi connectivity index (χ0) is 12.1. The third-order valence-corrected chi connectivity index (χ3v) is 3.06. The second kappa shape index (κ2) is 6.02. The molecule has 0 bridgehead atoms. The van der Waals surface area contributed by atoms with Gasteiger partial charge in [0.15, 0.2) is 0 Å². The summed E-state index contributed by atoms with van der Waals surface area (Å²) >= 11 is 0. The van der Waals surface area contributed by atoms with Crippen LogP contribution in [0.3, 0.4) is 0 Å². The molecule has 1 rings (SSSR count). The van der Waals surface area contributed by atoms with Gasteiger partial charge in [0.05, 0.1) is 6.61 Å². The van der Waals surface area contributed by atoms with E-state index < -0.39 is 0 Å². The molecule has 1 aromatic carbocycles. The van der Waals surface area contributed by atoms with Crippen LogP contribution in [0, 0.1) is 19.8 Å². The minimum Gasteiger partial charge on any atom is -0.395 e. The molecule has 0 amide bonds. The Morgan fingerprint density at radius 1 is 1.25 bits per heavy atom. The van der Waals surface area contributed by atoms with Gasteiger partial charge in [-0.05, 0) is 30.9 Å². The molecule has 1 unspecified atom stereocenters. The van der Waals surface area contributed by atoms with Crippen molar-refractivity contribution in [2.45, 2.75) is 40.3 Å². The summed E-state index contributed by atoms with van der Waals surface area (Å²) in [7, 11) is 0. The van der Waals surface area contributed by atoms with Crippen molar-refractivity contribution in [3.05, 3.63) is 34.9 Å². The van der Waals surface area contributed by atoms with E-state index in [1.165, 1.54) is 16.7 Å². The SMILES string of the molecule is Cc1ccc(C)c(CNC(CO)C(C)C)c1. The second-order valence-corrected chi connectivity index (χ2v) is 4.84. The molecule has 0 aliphatic carbocycles. The summed E-state index contributed by atoms with van der Waals surface area (Å²) in [5.41, 5.74) is 3.91. The van der Waals surface area contributed by atoms with E-state index in [2.05, 4.69) is 51.2 Å². The minimum atomic E-state index is 0.180. The maximum absolute atomic E-state index is 9.24. The number of aliphatic hydroxyl groups excluding tert-OH is 1. The molecule has 1 atom stereocenters. The molecule has 2 nitrogen and oxygen atoms in total. The number of hydrogen-bond acceptors (Lipinski definition) is 2. The fraction of sp³-hybridized carbons (Fsp3) is 0.571. The first-order valence-corrected chi connectivity index (χ1v) is 5.95. The van der Waals surface area contributed by atoms with Gasteiger partial charge in [0.1, 0.15) is 0 Å². The second-order valence-electron chi connectivity index (χ2n) is 4.84. The molecule has 0 aliphatic rings. The lowest BCUT2D eigenvalue weighted by molar-refractivity contribution is 0.210. The first kappa shape index (κ1) is 13.2. The molecule has 2 heteroatoms.